The van der Waals surface area contributed by atoms with Crippen LogP contribution in [0.3, 0.4) is 0 Å². The van der Waals surface area contributed by atoms with Crippen LogP contribution in [0.5, 0.6) is 10.9 Å². The number of hydrogen-bond donors (Lipinski definition) is 1. The molecule has 16 heavy (non-hydrogen) atoms. The van der Waals surface area contributed by atoms with E-state index >= 15 is 0 Å². The zero-order valence-electron chi connectivity index (χ0n) is 7.75. The van der Waals surface area contributed by atoms with Gasteiger partial charge in [-0.15, -0.1) is 5.10 Å². The van der Waals surface area contributed by atoms with E-state index in [9.17, 15) is 4.79 Å². The van der Waals surface area contributed by atoms with E-state index < -0.39 is 5.97 Å². The fourth-order valence-corrected chi connectivity index (χ4v) is 1.76. The maximum absolute atomic E-state index is 10.8. The number of aromatic nitrogens is 2. The Labute approximate surface area is 103 Å². The number of halogens is 1. The van der Waals surface area contributed by atoms with Gasteiger partial charge < -0.3 is 9.84 Å². The summed E-state index contributed by atoms with van der Waals surface area (Å²) in [4.78, 5) is 10.8. The van der Waals surface area contributed by atoms with Crippen molar-refractivity contribution in [3.63, 3.8) is 0 Å². The molecule has 0 amide bonds. The van der Waals surface area contributed by atoms with Gasteiger partial charge in [0.05, 0.1) is 10.0 Å². The molecule has 0 aliphatic rings. The highest BCUT2D eigenvalue weighted by molar-refractivity contribution is 9.10. The molecule has 7 heteroatoms. The molecule has 0 atom stereocenters. The van der Waals surface area contributed by atoms with Gasteiger partial charge in [0, 0.05) is 0 Å². The molecule has 2 aromatic rings. The minimum Gasteiger partial charge on any atom is -0.478 e. The lowest BCUT2D eigenvalue weighted by Gasteiger charge is -2.04. The third-order valence-electron chi connectivity index (χ3n) is 1.72. The molecule has 5 nitrogen and oxygen atoms in total. The molecular weight excluding hydrogens is 296 g/mol. The van der Waals surface area contributed by atoms with Crippen LogP contribution < -0.4 is 4.74 Å². The van der Waals surface area contributed by atoms with Crippen molar-refractivity contribution < 1.29 is 14.6 Å². The molecule has 0 radical (unpaired) electrons. The van der Waals surface area contributed by atoms with Gasteiger partial charge in [-0.3, -0.25) is 0 Å². The monoisotopic (exact) mass is 300 g/mol. The second-order valence-electron chi connectivity index (χ2n) is 2.76. The number of hydrogen-bond acceptors (Lipinski definition) is 5. The van der Waals surface area contributed by atoms with Crippen LogP contribution in [-0.2, 0) is 0 Å². The summed E-state index contributed by atoms with van der Waals surface area (Å²) in [7, 11) is 0. The molecule has 1 N–H and O–H groups in total. The van der Waals surface area contributed by atoms with E-state index in [-0.39, 0.29) is 5.56 Å². The first-order valence-electron chi connectivity index (χ1n) is 4.13. The highest BCUT2D eigenvalue weighted by atomic mass is 79.9. The summed E-state index contributed by atoms with van der Waals surface area (Å²) in [5.74, 6) is -0.605. The maximum Gasteiger partial charge on any atom is 0.335 e. The first-order chi connectivity index (χ1) is 7.66. The number of carbonyl (C=O) groups is 1. The summed E-state index contributed by atoms with van der Waals surface area (Å²) in [5, 5.41) is 16.5. The lowest BCUT2D eigenvalue weighted by Crippen LogP contribution is -1.96. The summed E-state index contributed by atoms with van der Waals surface area (Å²) in [6.07, 6.45) is 0. The Morgan fingerprint density at radius 1 is 1.50 bits per heavy atom. The van der Waals surface area contributed by atoms with Gasteiger partial charge in [-0.05, 0) is 34.1 Å². The van der Waals surface area contributed by atoms with Crippen LogP contribution in [0.1, 0.15) is 10.4 Å². The van der Waals surface area contributed by atoms with Crippen molar-refractivity contribution in [2.24, 2.45) is 0 Å². The molecule has 0 saturated carbocycles. The smallest absolute Gasteiger partial charge is 0.335 e. The average Bonchev–Trinajstić information content (AvgIpc) is 2.73. The molecule has 0 unspecified atom stereocenters. The lowest BCUT2D eigenvalue weighted by molar-refractivity contribution is 0.0696. The maximum atomic E-state index is 10.8. The molecule has 0 bridgehead atoms. The number of rotatable bonds is 3. The van der Waals surface area contributed by atoms with Crippen LogP contribution in [0.2, 0.25) is 0 Å². The average molecular weight is 301 g/mol. The summed E-state index contributed by atoms with van der Waals surface area (Å²) in [6, 6.07) is 4.52. The Kier molecular flexibility index (Phi) is 3.16. The van der Waals surface area contributed by atoms with E-state index in [0.717, 1.165) is 0 Å². The molecule has 0 spiro atoms. The number of carboxylic acid groups (broad SMARTS) is 1. The van der Waals surface area contributed by atoms with Crippen molar-refractivity contribution in [3.05, 3.63) is 33.7 Å². The predicted octanol–water partition coefficient (Wildman–Crippen LogP) is 2.79. The fraction of sp³-hybridized carbons (Fsp3) is 0. The quantitative estimate of drug-likeness (QED) is 0.943. The minimum absolute atomic E-state index is 0.155. The Balaban J connectivity index is 2.32. The zero-order valence-corrected chi connectivity index (χ0v) is 10.2. The Bertz CT molecular complexity index is 515. The van der Waals surface area contributed by atoms with E-state index in [4.69, 9.17) is 9.84 Å². The molecule has 0 aliphatic carbocycles. The first-order valence-corrected chi connectivity index (χ1v) is 5.81. The number of benzene rings is 1. The Morgan fingerprint density at radius 2 is 2.31 bits per heavy atom. The number of carboxylic acids is 1. The third kappa shape index (κ3) is 2.37. The zero-order chi connectivity index (χ0) is 11.5. The number of ether oxygens (including phenoxy) is 1. The lowest BCUT2D eigenvalue weighted by atomic mass is 10.2. The number of aromatic carboxylic acids is 1. The van der Waals surface area contributed by atoms with E-state index in [0.29, 0.717) is 15.4 Å². The molecule has 1 aromatic carbocycles. The summed E-state index contributed by atoms with van der Waals surface area (Å²) in [5.41, 5.74) is 1.69. The third-order valence-corrected chi connectivity index (χ3v) is 2.94. The van der Waals surface area contributed by atoms with E-state index in [1.165, 1.54) is 29.0 Å². The van der Waals surface area contributed by atoms with Gasteiger partial charge in [-0.1, -0.05) is 16.4 Å². The minimum atomic E-state index is -1.00. The standard InChI is InChI=1S/C9H5BrN2O3S/c10-6-2-1-5(8(13)14)3-7(6)15-9-12-11-4-16-9/h1-4H,(H,13,14). The molecule has 0 aliphatic heterocycles. The van der Waals surface area contributed by atoms with Gasteiger partial charge in [0.15, 0.2) is 0 Å². The van der Waals surface area contributed by atoms with Crippen LogP contribution in [0.4, 0.5) is 0 Å². The van der Waals surface area contributed by atoms with E-state index in [2.05, 4.69) is 26.1 Å². The molecule has 2 rings (SSSR count). The van der Waals surface area contributed by atoms with Gasteiger partial charge >= 0.3 is 5.97 Å². The Hall–Kier alpha value is -1.47. The van der Waals surface area contributed by atoms with Crippen LogP contribution in [-0.4, -0.2) is 21.3 Å². The molecular formula is C9H5BrN2O3S. The van der Waals surface area contributed by atoms with Crippen LogP contribution in [0.25, 0.3) is 0 Å². The van der Waals surface area contributed by atoms with Crippen LogP contribution in [0.15, 0.2) is 28.2 Å². The topological polar surface area (TPSA) is 72.3 Å². The second-order valence-corrected chi connectivity index (χ2v) is 4.41. The van der Waals surface area contributed by atoms with Crippen molar-refractivity contribution in [1.29, 1.82) is 0 Å². The van der Waals surface area contributed by atoms with Gasteiger partial charge in [-0.2, -0.15) is 0 Å². The second kappa shape index (κ2) is 4.58. The fourth-order valence-electron chi connectivity index (χ4n) is 1.02. The van der Waals surface area contributed by atoms with Crippen LogP contribution >= 0.6 is 27.3 Å². The van der Waals surface area contributed by atoms with Crippen molar-refractivity contribution in [2.75, 3.05) is 0 Å². The molecule has 82 valence electrons. The predicted molar refractivity (Wildman–Crippen MR) is 61.1 cm³/mol. The van der Waals surface area contributed by atoms with Crippen molar-refractivity contribution >= 4 is 33.2 Å². The van der Waals surface area contributed by atoms with Crippen molar-refractivity contribution in [1.82, 2.24) is 10.2 Å². The SMILES string of the molecule is O=C(O)c1ccc(Br)c(Oc2nncs2)c1. The Morgan fingerprint density at radius 3 is 2.94 bits per heavy atom. The summed E-state index contributed by atoms with van der Waals surface area (Å²) >= 11 is 4.49. The largest absolute Gasteiger partial charge is 0.478 e. The van der Waals surface area contributed by atoms with E-state index in [1.54, 1.807) is 6.07 Å². The first kappa shape index (κ1) is 11.0. The summed E-state index contributed by atoms with van der Waals surface area (Å²) < 4.78 is 6.03. The molecule has 0 fully saturated rings. The van der Waals surface area contributed by atoms with Gasteiger partial charge in [0.2, 0.25) is 0 Å². The van der Waals surface area contributed by atoms with Gasteiger partial charge in [-0.25, -0.2) is 4.79 Å². The number of nitrogens with zero attached hydrogens (tertiary/aromatic N) is 2. The molecule has 0 saturated heterocycles. The normalized spacial score (nSPS) is 10.1. The summed E-state index contributed by atoms with van der Waals surface area (Å²) in [6.45, 7) is 0. The highest BCUT2D eigenvalue weighted by Crippen LogP contribution is 2.31. The van der Waals surface area contributed by atoms with Crippen LogP contribution in [0, 0.1) is 0 Å². The molecule has 1 aromatic heterocycles. The van der Waals surface area contributed by atoms with Gasteiger partial charge in [0.1, 0.15) is 11.3 Å². The van der Waals surface area contributed by atoms with Gasteiger partial charge in [0.25, 0.3) is 5.19 Å². The van der Waals surface area contributed by atoms with Crippen molar-refractivity contribution in [2.45, 2.75) is 0 Å². The highest BCUT2D eigenvalue weighted by Gasteiger charge is 2.09. The molecule has 1 heterocycles. The van der Waals surface area contributed by atoms with E-state index in [1.807, 2.05) is 0 Å². The van der Waals surface area contributed by atoms with Crippen molar-refractivity contribution in [3.8, 4) is 10.9 Å².